The van der Waals surface area contributed by atoms with Crippen molar-refractivity contribution < 1.29 is 14.3 Å². The summed E-state index contributed by atoms with van der Waals surface area (Å²) in [4.78, 5) is 13.9. The van der Waals surface area contributed by atoms with E-state index in [2.05, 4.69) is 5.32 Å². The predicted molar refractivity (Wildman–Crippen MR) is 106 cm³/mol. The Balaban J connectivity index is 1.90. The Hall–Kier alpha value is -3.19. The number of allylic oxidation sites excluding steroid dienone is 1. The highest BCUT2D eigenvalue weighted by molar-refractivity contribution is 5.68. The van der Waals surface area contributed by atoms with Gasteiger partial charge in [0, 0.05) is 37.8 Å². The average molecular weight is 382 g/mol. The fourth-order valence-corrected chi connectivity index (χ4v) is 2.78. The summed E-state index contributed by atoms with van der Waals surface area (Å²) >= 11 is 0. The number of nitriles is 2. The van der Waals surface area contributed by atoms with Crippen LogP contribution in [0.3, 0.4) is 0 Å². The van der Waals surface area contributed by atoms with Crippen LogP contribution >= 0.6 is 0 Å². The molecule has 1 heterocycles. The molecule has 0 atom stereocenters. The molecule has 1 amide bonds. The molecule has 0 radical (unpaired) electrons. The first-order chi connectivity index (χ1) is 13.2. The van der Waals surface area contributed by atoms with E-state index in [9.17, 15) is 4.79 Å². The zero-order valence-electron chi connectivity index (χ0n) is 16.8. The third-order valence-corrected chi connectivity index (χ3v) is 4.19. The van der Waals surface area contributed by atoms with E-state index in [1.165, 1.54) is 6.20 Å². The quantitative estimate of drug-likeness (QED) is 0.787. The van der Waals surface area contributed by atoms with Crippen molar-refractivity contribution in [2.24, 2.45) is 0 Å². The summed E-state index contributed by atoms with van der Waals surface area (Å²) < 4.78 is 11.5. The molecular weight excluding hydrogens is 356 g/mol. The molecule has 1 aromatic carbocycles. The lowest BCUT2D eigenvalue weighted by atomic mass is 10.1. The molecule has 0 unspecified atom stereocenters. The van der Waals surface area contributed by atoms with Gasteiger partial charge in [-0.3, -0.25) is 0 Å². The molecule has 28 heavy (non-hydrogen) atoms. The number of benzene rings is 1. The molecule has 0 aliphatic carbocycles. The SMILES string of the molecule is Cc1cc(NC=C(C#N)C#N)ccc1OC1CCN(C(=O)OC(C)(C)C)CC1. The van der Waals surface area contributed by atoms with Crippen molar-refractivity contribution in [3.63, 3.8) is 0 Å². The summed E-state index contributed by atoms with van der Waals surface area (Å²) in [6.45, 7) is 8.73. The Labute approximate surface area is 166 Å². The number of carbonyl (C=O) groups excluding carboxylic acids is 1. The number of hydrogen-bond acceptors (Lipinski definition) is 6. The summed E-state index contributed by atoms with van der Waals surface area (Å²) in [5.74, 6) is 0.783. The largest absolute Gasteiger partial charge is 0.490 e. The number of likely N-dealkylation sites (tertiary alicyclic amines) is 1. The molecule has 148 valence electrons. The maximum absolute atomic E-state index is 12.1. The lowest BCUT2D eigenvalue weighted by molar-refractivity contribution is 0.0126. The Morgan fingerprint density at radius 3 is 2.43 bits per heavy atom. The highest BCUT2D eigenvalue weighted by Gasteiger charge is 2.27. The average Bonchev–Trinajstić information content (AvgIpc) is 2.64. The number of nitrogens with one attached hydrogen (secondary N) is 1. The number of anilines is 1. The minimum Gasteiger partial charge on any atom is -0.490 e. The van der Waals surface area contributed by atoms with Gasteiger partial charge in [-0.05, 0) is 51.5 Å². The van der Waals surface area contributed by atoms with Crippen molar-refractivity contribution in [1.82, 2.24) is 4.90 Å². The number of hydrogen-bond donors (Lipinski definition) is 1. The molecule has 0 bridgehead atoms. The summed E-state index contributed by atoms with van der Waals surface area (Å²) in [6, 6.07) is 9.20. The van der Waals surface area contributed by atoms with E-state index in [0.29, 0.717) is 13.1 Å². The van der Waals surface area contributed by atoms with Gasteiger partial charge >= 0.3 is 6.09 Å². The van der Waals surface area contributed by atoms with Crippen LogP contribution in [0.1, 0.15) is 39.2 Å². The first-order valence-corrected chi connectivity index (χ1v) is 9.24. The van der Waals surface area contributed by atoms with Crippen molar-refractivity contribution in [2.75, 3.05) is 18.4 Å². The van der Waals surface area contributed by atoms with E-state index in [0.717, 1.165) is 29.8 Å². The second kappa shape index (κ2) is 9.14. The molecule has 2 rings (SSSR count). The number of ether oxygens (including phenoxy) is 2. The molecule has 1 aliphatic rings. The highest BCUT2D eigenvalue weighted by atomic mass is 16.6. The second-order valence-corrected chi connectivity index (χ2v) is 7.69. The van der Waals surface area contributed by atoms with Gasteiger partial charge in [0.2, 0.25) is 0 Å². The van der Waals surface area contributed by atoms with E-state index in [4.69, 9.17) is 20.0 Å². The van der Waals surface area contributed by atoms with Crippen LogP contribution in [0.5, 0.6) is 5.75 Å². The Kier molecular flexibility index (Phi) is 6.89. The molecular formula is C21H26N4O3. The molecule has 7 heteroatoms. The minimum atomic E-state index is -0.492. The van der Waals surface area contributed by atoms with Crippen LogP contribution in [0.2, 0.25) is 0 Å². The number of carbonyl (C=O) groups is 1. The van der Waals surface area contributed by atoms with Gasteiger partial charge in [0.05, 0.1) is 0 Å². The van der Waals surface area contributed by atoms with E-state index in [1.54, 1.807) is 17.0 Å². The Bertz CT molecular complexity index is 804. The van der Waals surface area contributed by atoms with Crippen LogP contribution in [0.25, 0.3) is 0 Å². The molecule has 1 aromatic rings. The first-order valence-electron chi connectivity index (χ1n) is 9.24. The molecule has 1 N–H and O–H groups in total. The molecule has 0 saturated carbocycles. The minimum absolute atomic E-state index is 0.00901. The van der Waals surface area contributed by atoms with Crippen LogP contribution in [-0.4, -0.2) is 35.8 Å². The number of rotatable bonds is 4. The summed E-state index contributed by atoms with van der Waals surface area (Å²) in [7, 11) is 0. The molecule has 1 saturated heterocycles. The number of aryl methyl sites for hydroxylation is 1. The Morgan fingerprint density at radius 1 is 1.25 bits per heavy atom. The van der Waals surface area contributed by atoms with Gasteiger partial charge in [-0.15, -0.1) is 0 Å². The lowest BCUT2D eigenvalue weighted by Crippen LogP contribution is -2.44. The summed E-state index contributed by atoms with van der Waals surface area (Å²) in [5, 5.41) is 20.5. The number of amides is 1. The topological polar surface area (TPSA) is 98.4 Å². The first kappa shape index (κ1) is 21.1. The number of nitrogens with zero attached hydrogens (tertiary/aromatic N) is 3. The van der Waals surface area contributed by atoms with Crippen molar-refractivity contribution in [3.05, 3.63) is 35.5 Å². The molecule has 0 aromatic heterocycles. The Morgan fingerprint density at radius 2 is 1.89 bits per heavy atom. The van der Waals surface area contributed by atoms with Crippen LogP contribution in [0, 0.1) is 29.6 Å². The van der Waals surface area contributed by atoms with Gasteiger partial charge < -0.3 is 19.7 Å². The fourth-order valence-electron chi connectivity index (χ4n) is 2.78. The summed E-state index contributed by atoms with van der Waals surface area (Å²) in [6.07, 6.45) is 2.63. The van der Waals surface area contributed by atoms with Gasteiger partial charge in [0.15, 0.2) is 0 Å². The maximum Gasteiger partial charge on any atom is 0.410 e. The van der Waals surface area contributed by atoms with Crippen LogP contribution in [-0.2, 0) is 4.74 Å². The van der Waals surface area contributed by atoms with Gasteiger partial charge in [0.25, 0.3) is 0 Å². The molecule has 0 spiro atoms. The van der Waals surface area contributed by atoms with Crippen LogP contribution < -0.4 is 10.1 Å². The zero-order valence-corrected chi connectivity index (χ0v) is 16.8. The van der Waals surface area contributed by atoms with Gasteiger partial charge in [-0.1, -0.05) is 0 Å². The van der Waals surface area contributed by atoms with Gasteiger partial charge in [-0.25, -0.2) is 4.79 Å². The standard InChI is InChI=1S/C21H26N4O3/c1-15-11-17(24-14-16(12-22)13-23)5-6-19(15)27-18-7-9-25(10-8-18)20(26)28-21(2,3)4/h5-6,11,14,18,24H,7-10H2,1-4H3. The van der Waals surface area contributed by atoms with Crippen LogP contribution in [0.15, 0.2) is 30.0 Å². The predicted octanol–water partition coefficient (Wildman–Crippen LogP) is 4.12. The molecule has 1 aliphatic heterocycles. The van der Waals surface area contributed by atoms with Crippen LogP contribution in [0.4, 0.5) is 10.5 Å². The normalized spacial score (nSPS) is 14.4. The maximum atomic E-state index is 12.1. The third kappa shape index (κ3) is 6.21. The fraction of sp³-hybridized carbons (Fsp3) is 0.476. The van der Waals surface area contributed by atoms with E-state index >= 15 is 0 Å². The highest BCUT2D eigenvalue weighted by Crippen LogP contribution is 2.26. The van der Waals surface area contributed by atoms with Crippen molar-refractivity contribution in [2.45, 2.75) is 52.2 Å². The third-order valence-electron chi connectivity index (χ3n) is 4.19. The summed E-state index contributed by atoms with van der Waals surface area (Å²) in [5.41, 5.74) is 1.24. The lowest BCUT2D eigenvalue weighted by Gasteiger charge is -2.33. The second-order valence-electron chi connectivity index (χ2n) is 7.69. The molecule has 1 fully saturated rings. The van der Waals surface area contributed by atoms with E-state index < -0.39 is 5.60 Å². The molecule has 7 nitrogen and oxygen atoms in total. The zero-order chi connectivity index (χ0) is 20.7. The van der Waals surface area contributed by atoms with Gasteiger partial charge in [-0.2, -0.15) is 10.5 Å². The van der Waals surface area contributed by atoms with Crippen molar-refractivity contribution >= 4 is 11.8 Å². The van der Waals surface area contributed by atoms with Gasteiger partial charge in [0.1, 0.15) is 35.2 Å². The van der Waals surface area contributed by atoms with Crippen molar-refractivity contribution in [3.8, 4) is 17.9 Å². The van der Waals surface area contributed by atoms with Crippen molar-refractivity contribution in [1.29, 1.82) is 10.5 Å². The van der Waals surface area contributed by atoms with E-state index in [-0.39, 0.29) is 17.8 Å². The van der Waals surface area contributed by atoms with E-state index in [1.807, 2.05) is 45.9 Å². The monoisotopic (exact) mass is 382 g/mol. The number of piperidine rings is 1. The smallest absolute Gasteiger partial charge is 0.410 e.